The fraction of sp³-hybridized carbons (Fsp3) is 0.200. The summed E-state index contributed by atoms with van der Waals surface area (Å²) in [5, 5.41) is 23.0. The molecule has 4 aromatic rings. The summed E-state index contributed by atoms with van der Waals surface area (Å²) >= 11 is 0. The van der Waals surface area contributed by atoms with Crippen molar-refractivity contribution < 1.29 is 24.5 Å². The number of nitrogens with zero attached hydrogens (tertiary/aromatic N) is 1. The second-order valence-corrected chi connectivity index (χ2v) is 10.1. The molecule has 3 N–H and O–H groups in total. The van der Waals surface area contributed by atoms with Crippen molar-refractivity contribution in [2.24, 2.45) is 0 Å². The number of hydrogen-bond donors (Lipinski definition) is 3. The molecule has 0 radical (unpaired) electrons. The Kier molecular flexibility index (Phi) is 5.79. The van der Waals surface area contributed by atoms with E-state index < -0.39 is 17.7 Å². The van der Waals surface area contributed by atoms with Crippen molar-refractivity contribution in [2.75, 3.05) is 12.0 Å². The van der Waals surface area contributed by atoms with Gasteiger partial charge in [0.05, 0.1) is 24.4 Å². The number of ketones is 1. The number of aromatic nitrogens is 1. The fourth-order valence-electron chi connectivity index (χ4n) is 4.96. The zero-order valence-electron chi connectivity index (χ0n) is 21.1. The minimum atomic E-state index is -0.968. The molecule has 37 heavy (non-hydrogen) atoms. The van der Waals surface area contributed by atoms with Gasteiger partial charge in [-0.2, -0.15) is 0 Å². The lowest BCUT2D eigenvalue weighted by molar-refractivity contribution is -0.132. The standard InChI is InChI=1S/C30H28N2O5/c1-30(2,3)20-15-17(13-14-24(20)37-4)27(34)25-26(19-16-31-21-10-6-5-9-18(19)21)32(29(36)28(25)35)22-11-7-8-12-23(22)33/h5-16,26,31,33-34H,1-4H3/b27-25+. The van der Waals surface area contributed by atoms with Crippen molar-refractivity contribution in [1.82, 2.24) is 4.98 Å². The highest BCUT2D eigenvalue weighted by molar-refractivity contribution is 6.52. The average Bonchev–Trinajstić information content (AvgIpc) is 3.41. The summed E-state index contributed by atoms with van der Waals surface area (Å²) in [6, 6.07) is 18.1. The Hall–Kier alpha value is -4.52. The molecule has 1 aliphatic rings. The normalized spacial score (nSPS) is 17.5. The first kappa shape index (κ1) is 24.2. The maximum atomic E-state index is 13.5. The summed E-state index contributed by atoms with van der Waals surface area (Å²) in [5.74, 6) is -1.44. The van der Waals surface area contributed by atoms with Crippen LogP contribution in [-0.2, 0) is 15.0 Å². The van der Waals surface area contributed by atoms with Gasteiger partial charge in [0.25, 0.3) is 11.7 Å². The molecular weight excluding hydrogens is 468 g/mol. The maximum Gasteiger partial charge on any atom is 0.300 e. The fourth-order valence-corrected chi connectivity index (χ4v) is 4.96. The van der Waals surface area contributed by atoms with Gasteiger partial charge in [0.15, 0.2) is 0 Å². The number of rotatable bonds is 4. The van der Waals surface area contributed by atoms with Gasteiger partial charge >= 0.3 is 0 Å². The zero-order valence-corrected chi connectivity index (χ0v) is 21.1. The second-order valence-electron chi connectivity index (χ2n) is 10.1. The van der Waals surface area contributed by atoms with E-state index in [0.717, 1.165) is 16.5 Å². The topological polar surface area (TPSA) is 103 Å². The van der Waals surface area contributed by atoms with Crippen LogP contribution in [0.2, 0.25) is 0 Å². The molecule has 0 spiro atoms. The van der Waals surface area contributed by atoms with Crippen LogP contribution in [0.5, 0.6) is 11.5 Å². The van der Waals surface area contributed by atoms with Crippen LogP contribution in [0.1, 0.15) is 43.5 Å². The van der Waals surface area contributed by atoms with E-state index in [2.05, 4.69) is 4.98 Å². The maximum absolute atomic E-state index is 13.5. The van der Waals surface area contributed by atoms with E-state index in [1.807, 2.05) is 45.0 Å². The number of aliphatic hydroxyl groups excluding tert-OH is 1. The number of para-hydroxylation sites is 3. The molecule has 1 amide bonds. The Morgan fingerprint density at radius 2 is 1.70 bits per heavy atom. The first-order valence-corrected chi connectivity index (χ1v) is 12.0. The Labute approximate surface area is 214 Å². The lowest BCUT2D eigenvalue weighted by Gasteiger charge is -2.26. The number of phenols is 1. The van der Waals surface area contributed by atoms with Crippen LogP contribution in [0.25, 0.3) is 16.7 Å². The average molecular weight is 497 g/mol. The number of Topliss-reactive ketones (excluding diaryl/α,β-unsaturated/α-hetero) is 1. The van der Waals surface area contributed by atoms with E-state index in [9.17, 15) is 19.8 Å². The molecule has 2 heterocycles. The van der Waals surface area contributed by atoms with Gasteiger partial charge in [-0.1, -0.05) is 51.1 Å². The number of amides is 1. The van der Waals surface area contributed by atoms with Crippen LogP contribution in [0.3, 0.4) is 0 Å². The van der Waals surface area contributed by atoms with Crippen molar-refractivity contribution in [2.45, 2.75) is 32.2 Å². The predicted molar refractivity (Wildman–Crippen MR) is 143 cm³/mol. The highest BCUT2D eigenvalue weighted by Gasteiger charge is 2.48. The number of hydrogen-bond acceptors (Lipinski definition) is 5. The molecule has 0 saturated carbocycles. The number of H-pyrrole nitrogens is 1. The van der Waals surface area contributed by atoms with E-state index >= 15 is 0 Å². The molecule has 0 bridgehead atoms. The third-order valence-electron chi connectivity index (χ3n) is 6.78. The molecular formula is C30H28N2O5. The van der Waals surface area contributed by atoms with Crippen LogP contribution < -0.4 is 9.64 Å². The van der Waals surface area contributed by atoms with Crippen LogP contribution in [0.4, 0.5) is 5.69 Å². The number of aromatic hydroxyl groups is 1. The van der Waals surface area contributed by atoms with Crippen LogP contribution in [0, 0.1) is 0 Å². The van der Waals surface area contributed by atoms with Crippen molar-refractivity contribution in [3.8, 4) is 11.5 Å². The number of nitrogens with one attached hydrogen (secondary N) is 1. The molecule has 1 aliphatic heterocycles. The summed E-state index contributed by atoms with van der Waals surface area (Å²) in [5.41, 5.74) is 2.51. The van der Waals surface area contributed by atoms with Crippen molar-refractivity contribution in [1.29, 1.82) is 0 Å². The first-order valence-electron chi connectivity index (χ1n) is 12.0. The number of carbonyl (C=O) groups is 2. The van der Waals surface area contributed by atoms with Gasteiger partial charge in [-0.25, -0.2) is 0 Å². The Morgan fingerprint density at radius 1 is 1.00 bits per heavy atom. The molecule has 7 nitrogen and oxygen atoms in total. The van der Waals surface area contributed by atoms with Gasteiger partial charge in [0, 0.05) is 33.8 Å². The molecule has 5 rings (SSSR count). The highest BCUT2D eigenvalue weighted by Crippen LogP contribution is 2.46. The van der Waals surface area contributed by atoms with Gasteiger partial charge in [-0.3, -0.25) is 14.5 Å². The summed E-state index contributed by atoms with van der Waals surface area (Å²) < 4.78 is 5.53. The van der Waals surface area contributed by atoms with Gasteiger partial charge in [0.1, 0.15) is 17.3 Å². The zero-order chi connectivity index (χ0) is 26.5. The Bertz CT molecular complexity index is 1570. The molecule has 1 aromatic heterocycles. The molecule has 1 unspecified atom stereocenters. The number of phenolic OH excluding ortho intramolecular Hbond substituents is 1. The number of aliphatic hydroxyl groups is 1. The predicted octanol–water partition coefficient (Wildman–Crippen LogP) is 5.81. The Balaban J connectivity index is 1.79. The van der Waals surface area contributed by atoms with Crippen LogP contribution >= 0.6 is 0 Å². The first-order chi connectivity index (χ1) is 17.6. The number of ether oxygens (including phenoxy) is 1. The molecule has 1 saturated heterocycles. The van der Waals surface area contributed by atoms with Gasteiger partial charge in [0.2, 0.25) is 0 Å². The third-order valence-corrected chi connectivity index (χ3v) is 6.78. The summed E-state index contributed by atoms with van der Waals surface area (Å²) in [7, 11) is 1.58. The number of benzene rings is 3. The number of anilines is 1. The number of aromatic amines is 1. The summed E-state index contributed by atoms with van der Waals surface area (Å²) in [4.78, 5) is 31.4. The molecule has 188 valence electrons. The smallest absolute Gasteiger partial charge is 0.300 e. The van der Waals surface area contributed by atoms with Crippen LogP contribution in [0.15, 0.2) is 78.5 Å². The van der Waals surface area contributed by atoms with E-state index in [1.165, 1.54) is 11.0 Å². The Morgan fingerprint density at radius 3 is 2.41 bits per heavy atom. The second kappa shape index (κ2) is 8.85. The molecule has 1 atom stereocenters. The lowest BCUT2D eigenvalue weighted by atomic mass is 9.84. The molecule has 1 fully saturated rings. The SMILES string of the molecule is COc1ccc(/C(O)=C2\C(=O)C(=O)N(c3ccccc3O)C2c2c[nH]c3ccccc23)cc1C(C)(C)C. The monoisotopic (exact) mass is 496 g/mol. The summed E-state index contributed by atoms with van der Waals surface area (Å²) in [6.45, 7) is 6.08. The van der Waals surface area contributed by atoms with E-state index in [0.29, 0.717) is 16.9 Å². The van der Waals surface area contributed by atoms with Crippen LogP contribution in [-0.4, -0.2) is 34.0 Å². The van der Waals surface area contributed by atoms with Gasteiger partial charge in [-0.15, -0.1) is 0 Å². The van der Waals surface area contributed by atoms with Gasteiger partial charge in [-0.05, 0) is 41.8 Å². The number of fused-ring (bicyclic) bond motifs is 1. The lowest BCUT2D eigenvalue weighted by Crippen LogP contribution is -2.29. The van der Waals surface area contributed by atoms with Gasteiger partial charge < -0.3 is 19.9 Å². The number of carbonyl (C=O) groups excluding carboxylic acids is 2. The van der Waals surface area contributed by atoms with E-state index in [-0.39, 0.29) is 28.2 Å². The largest absolute Gasteiger partial charge is 0.507 e. The van der Waals surface area contributed by atoms with E-state index in [4.69, 9.17) is 4.74 Å². The van der Waals surface area contributed by atoms with Crippen molar-refractivity contribution >= 4 is 34.0 Å². The minimum Gasteiger partial charge on any atom is -0.507 e. The highest BCUT2D eigenvalue weighted by atomic mass is 16.5. The molecule has 3 aromatic carbocycles. The quantitative estimate of drug-likeness (QED) is 0.188. The molecule has 0 aliphatic carbocycles. The van der Waals surface area contributed by atoms with Crippen molar-refractivity contribution in [3.63, 3.8) is 0 Å². The summed E-state index contributed by atoms with van der Waals surface area (Å²) in [6.07, 6.45) is 1.73. The minimum absolute atomic E-state index is 0.0527. The number of methoxy groups -OCH3 is 1. The van der Waals surface area contributed by atoms with Crippen molar-refractivity contribution in [3.05, 3.63) is 95.2 Å². The van der Waals surface area contributed by atoms with E-state index in [1.54, 1.807) is 49.7 Å². The molecule has 7 heteroatoms. The third kappa shape index (κ3) is 3.93.